The number of rotatable bonds is 4. The number of carbonyl (C=O) groups is 1. The Bertz CT molecular complexity index is 765. The summed E-state index contributed by atoms with van der Waals surface area (Å²) >= 11 is 0. The molecule has 2 atom stereocenters. The zero-order valence-electron chi connectivity index (χ0n) is 13.0. The van der Waals surface area contributed by atoms with Crippen molar-refractivity contribution in [2.75, 3.05) is 6.54 Å². The zero-order chi connectivity index (χ0) is 19.0. The maximum atomic E-state index is 14.1. The third kappa shape index (κ3) is 4.21. The number of hydrogen-bond acceptors (Lipinski definition) is 4. The Kier molecular flexibility index (Phi) is 5.28. The number of sulfonamides is 1. The van der Waals surface area contributed by atoms with Crippen LogP contribution in [0, 0.1) is 11.7 Å². The van der Waals surface area contributed by atoms with Gasteiger partial charge in [0.15, 0.2) is 10.6 Å². The van der Waals surface area contributed by atoms with Crippen LogP contribution in [-0.2, 0) is 14.8 Å². The highest BCUT2D eigenvalue weighted by atomic mass is 32.2. The third-order valence-electron chi connectivity index (χ3n) is 3.90. The van der Waals surface area contributed by atoms with Crippen molar-refractivity contribution in [1.82, 2.24) is 4.31 Å². The molecule has 1 aromatic rings. The average molecular weight is 385 g/mol. The van der Waals surface area contributed by atoms with E-state index in [1.54, 1.807) is 0 Å². The summed E-state index contributed by atoms with van der Waals surface area (Å²) in [6.07, 6.45) is -4.82. The topological polar surface area (TPSA) is 83.9 Å². The molecular formula is C14H15F4NO5S. The molecule has 2 rings (SSSR count). The molecule has 0 bridgehead atoms. The van der Waals surface area contributed by atoms with Gasteiger partial charge in [-0.15, -0.1) is 13.2 Å². The molecule has 11 heteroatoms. The standard InChI is InChI=1S/C14H15F4NO5S/c1-8-5-6-9(13(20)21)7-19(8)25(22,23)12-10(15)3-2-4-11(12)24-14(16,17)18/h2-4,8-9H,5-7H2,1H3,(H,20,21). The summed E-state index contributed by atoms with van der Waals surface area (Å²) in [5.74, 6) is -4.86. The van der Waals surface area contributed by atoms with Crippen molar-refractivity contribution in [1.29, 1.82) is 0 Å². The molecule has 6 nitrogen and oxygen atoms in total. The summed E-state index contributed by atoms with van der Waals surface area (Å²) in [7, 11) is -4.74. The van der Waals surface area contributed by atoms with E-state index in [1.165, 1.54) is 6.92 Å². The fraction of sp³-hybridized carbons (Fsp3) is 0.500. The molecule has 1 N–H and O–H groups in total. The van der Waals surface area contributed by atoms with E-state index in [0.717, 1.165) is 6.07 Å². The van der Waals surface area contributed by atoms with E-state index < -0.39 is 57.3 Å². The summed E-state index contributed by atoms with van der Waals surface area (Å²) in [6, 6.07) is 1.57. The number of benzene rings is 1. The number of alkyl halides is 3. The molecule has 1 aromatic carbocycles. The largest absolute Gasteiger partial charge is 0.573 e. The Hall–Kier alpha value is -1.88. The van der Waals surface area contributed by atoms with Crippen LogP contribution in [0.1, 0.15) is 19.8 Å². The predicted octanol–water partition coefficient (Wildman–Crippen LogP) is 2.60. The molecule has 1 aliphatic heterocycles. The van der Waals surface area contributed by atoms with Gasteiger partial charge in [-0.05, 0) is 31.9 Å². The monoisotopic (exact) mass is 385 g/mol. The van der Waals surface area contributed by atoms with Crippen LogP contribution in [0.25, 0.3) is 0 Å². The second-order valence-corrected chi connectivity index (χ2v) is 7.48. The van der Waals surface area contributed by atoms with Gasteiger partial charge in [0.05, 0.1) is 5.92 Å². The third-order valence-corrected chi connectivity index (χ3v) is 5.94. The first-order chi connectivity index (χ1) is 11.4. The molecule has 1 aliphatic rings. The minimum absolute atomic E-state index is 0.181. The van der Waals surface area contributed by atoms with Crippen LogP contribution in [0.4, 0.5) is 17.6 Å². The smallest absolute Gasteiger partial charge is 0.481 e. The molecule has 0 amide bonds. The molecule has 1 heterocycles. The SMILES string of the molecule is CC1CCC(C(=O)O)CN1S(=O)(=O)c1c(F)cccc1OC(F)(F)F. The molecule has 25 heavy (non-hydrogen) atoms. The van der Waals surface area contributed by atoms with Crippen LogP contribution in [0.15, 0.2) is 23.1 Å². The molecule has 0 aliphatic carbocycles. The second kappa shape index (κ2) is 6.79. The summed E-state index contributed by atoms with van der Waals surface area (Å²) in [5, 5.41) is 9.07. The highest BCUT2D eigenvalue weighted by Crippen LogP contribution is 2.36. The van der Waals surface area contributed by atoms with E-state index in [4.69, 9.17) is 5.11 Å². The molecule has 0 aromatic heterocycles. The van der Waals surface area contributed by atoms with Crippen LogP contribution in [0.3, 0.4) is 0 Å². The number of ether oxygens (including phenoxy) is 1. The van der Waals surface area contributed by atoms with E-state index in [0.29, 0.717) is 16.4 Å². The first kappa shape index (κ1) is 19.4. The maximum Gasteiger partial charge on any atom is 0.573 e. The fourth-order valence-corrected chi connectivity index (χ4v) is 4.54. The van der Waals surface area contributed by atoms with Gasteiger partial charge >= 0.3 is 12.3 Å². The highest BCUT2D eigenvalue weighted by Gasteiger charge is 2.42. The molecular weight excluding hydrogens is 370 g/mol. The van der Waals surface area contributed by atoms with Crippen LogP contribution in [0.2, 0.25) is 0 Å². The van der Waals surface area contributed by atoms with Gasteiger partial charge in [0.2, 0.25) is 10.0 Å². The van der Waals surface area contributed by atoms with Crippen molar-refractivity contribution >= 4 is 16.0 Å². The van der Waals surface area contributed by atoms with Crippen molar-refractivity contribution in [3.63, 3.8) is 0 Å². The van der Waals surface area contributed by atoms with Gasteiger partial charge in [-0.25, -0.2) is 12.8 Å². The molecule has 140 valence electrons. The van der Waals surface area contributed by atoms with Crippen LogP contribution >= 0.6 is 0 Å². The van der Waals surface area contributed by atoms with Gasteiger partial charge in [-0.1, -0.05) is 6.07 Å². The lowest BCUT2D eigenvalue weighted by molar-refractivity contribution is -0.275. The van der Waals surface area contributed by atoms with Gasteiger partial charge in [0.1, 0.15) is 5.82 Å². The summed E-state index contributed by atoms with van der Waals surface area (Å²) < 4.78 is 81.4. The Morgan fingerprint density at radius 3 is 2.52 bits per heavy atom. The minimum Gasteiger partial charge on any atom is -0.481 e. The molecule has 2 unspecified atom stereocenters. The number of nitrogens with zero attached hydrogens (tertiary/aromatic N) is 1. The van der Waals surface area contributed by atoms with Gasteiger partial charge in [0.25, 0.3) is 0 Å². The van der Waals surface area contributed by atoms with Gasteiger partial charge in [-0.2, -0.15) is 4.31 Å². The zero-order valence-corrected chi connectivity index (χ0v) is 13.8. The molecule has 1 fully saturated rings. The normalized spacial score (nSPS) is 22.6. The minimum atomic E-state index is -5.21. The van der Waals surface area contributed by atoms with E-state index in [-0.39, 0.29) is 12.8 Å². The number of aliphatic carboxylic acids is 1. The number of carboxylic acids is 1. The summed E-state index contributed by atoms with van der Waals surface area (Å²) in [4.78, 5) is 9.86. The number of halogens is 4. The lowest BCUT2D eigenvalue weighted by Crippen LogP contribution is -2.47. The molecule has 1 saturated heterocycles. The number of hydrogen-bond donors (Lipinski definition) is 1. The van der Waals surface area contributed by atoms with E-state index >= 15 is 0 Å². The Labute approximate surface area is 141 Å². The fourth-order valence-electron chi connectivity index (χ4n) is 2.67. The second-order valence-electron chi connectivity index (χ2n) is 5.65. The number of carboxylic acid groups (broad SMARTS) is 1. The van der Waals surface area contributed by atoms with E-state index in [1.807, 2.05) is 0 Å². The van der Waals surface area contributed by atoms with Crippen molar-refractivity contribution in [3.8, 4) is 5.75 Å². The van der Waals surface area contributed by atoms with Crippen molar-refractivity contribution < 1.29 is 40.6 Å². The first-order valence-corrected chi connectivity index (χ1v) is 8.66. The lowest BCUT2D eigenvalue weighted by Gasteiger charge is -2.35. The summed E-state index contributed by atoms with van der Waals surface area (Å²) in [5.41, 5.74) is 0. The van der Waals surface area contributed by atoms with Crippen LogP contribution < -0.4 is 4.74 Å². The van der Waals surface area contributed by atoms with Crippen molar-refractivity contribution in [3.05, 3.63) is 24.0 Å². The Morgan fingerprint density at radius 1 is 1.32 bits per heavy atom. The van der Waals surface area contributed by atoms with Crippen LogP contribution in [-0.4, -0.2) is 42.7 Å². The van der Waals surface area contributed by atoms with Crippen molar-refractivity contribution in [2.24, 2.45) is 5.92 Å². The summed E-state index contributed by atoms with van der Waals surface area (Å²) in [6.45, 7) is 1.01. The molecule has 0 spiro atoms. The Balaban J connectivity index is 2.50. The highest BCUT2D eigenvalue weighted by molar-refractivity contribution is 7.89. The maximum absolute atomic E-state index is 14.1. The quantitative estimate of drug-likeness (QED) is 0.806. The number of piperidine rings is 1. The lowest BCUT2D eigenvalue weighted by atomic mass is 9.96. The van der Waals surface area contributed by atoms with E-state index in [9.17, 15) is 30.8 Å². The predicted molar refractivity (Wildman–Crippen MR) is 76.8 cm³/mol. The first-order valence-electron chi connectivity index (χ1n) is 7.22. The molecule has 0 radical (unpaired) electrons. The van der Waals surface area contributed by atoms with E-state index in [2.05, 4.69) is 4.74 Å². The van der Waals surface area contributed by atoms with Gasteiger partial charge in [0, 0.05) is 12.6 Å². The van der Waals surface area contributed by atoms with Gasteiger partial charge in [-0.3, -0.25) is 4.79 Å². The van der Waals surface area contributed by atoms with Gasteiger partial charge < -0.3 is 9.84 Å². The molecule has 0 saturated carbocycles. The van der Waals surface area contributed by atoms with Crippen molar-refractivity contribution in [2.45, 2.75) is 37.1 Å². The van der Waals surface area contributed by atoms with Crippen LogP contribution in [0.5, 0.6) is 5.75 Å². The average Bonchev–Trinajstić information content (AvgIpc) is 2.45. The Morgan fingerprint density at radius 2 is 1.96 bits per heavy atom.